The molecule has 7 nitrogen and oxygen atoms in total. The first-order chi connectivity index (χ1) is 17.9. The van der Waals surface area contributed by atoms with Gasteiger partial charge < -0.3 is 14.6 Å². The van der Waals surface area contributed by atoms with Crippen LogP contribution in [0.15, 0.2) is 58.4 Å². The van der Waals surface area contributed by atoms with Crippen molar-refractivity contribution in [3.05, 3.63) is 68.6 Å². The quantitative estimate of drug-likeness (QED) is 0.507. The lowest BCUT2D eigenvalue weighted by Crippen LogP contribution is -2.42. The summed E-state index contributed by atoms with van der Waals surface area (Å²) in [7, 11) is 5.64. The van der Waals surface area contributed by atoms with Crippen LogP contribution in [0.25, 0.3) is 0 Å². The minimum atomic E-state index is -0.304. The smallest absolute Gasteiger partial charge is 0.305 e. The fourth-order valence-electron chi connectivity index (χ4n) is 7.36. The maximum Gasteiger partial charge on any atom is 0.305 e. The molecule has 5 unspecified atom stereocenters. The molecule has 2 bridgehead atoms. The highest BCUT2D eigenvalue weighted by Gasteiger charge is 2.69. The number of thioether (sulfide) groups is 1. The molecular formula is C28H27N3O4S2. The number of benzene rings is 2. The average molecular weight is 534 g/mol. The molecule has 7 rings (SSSR count). The van der Waals surface area contributed by atoms with Crippen molar-refractivity contribution in [2.75, 3.05) is 31.0 Å². The van der Waals surface area contributed by atoms with Crippen molar-refractivity contribution in [3.63, 3.8) is 0 Å². The summed E-state index contributed by atoms with van der Waals surface area (Å²) in [5, 5.41) is 1.13. The molecular weight excluding hydrogens is 506 g/mol. The summed E-state index contributed by atoms with van der Waals surface area (Å²) >= 11 is 3.01. The second-order valence-corrected chi connectivity index (χ2v) is 12.9. The summed E-state index contributed by atoms with van der Waals surface area (Å²) in [5.74, 6) is 0.395. The van der Waals surface area contributed by atoms with Crippen LogP contribution in [-0.4, -0.2) is 43.3 Å². The average Bonchev–Trinajstić information content (AvgIpc) is 3.63. The van der Waals surface area contributed by atoms with Gasteiger partial charge >= 0.3 is 4.87 Å². The second-order valence-electron chi connectivity index (χ2n) is 10.7. The molecule has 3 fully saturated rings. The zero-order valence-corrected chi connectivity index (χ0v) is 22.3. The maximum absolute atomic E-state index is 13.8. The van der Waals surface area contributed by atoms with Crippen molar-refractivity contribution >= 4 is 46.3 Å². The van der Waals surface area contributed by atoms with Crippen LogP contribution in [0.3, 0.4) is 0 Å². The Bertz CT molecular complexity index is 1460. The summed E-state index contributed by atoms with van der Waals surface area (Å²) in [5.41, 5.74) is 2.90. The van der Waals surface area contributed by atoms with Gasteiger partial charge in [0.1, 0.15) is 5.75 Å². The maximum atomic E-state index is 13.8. The summed E-state index contributed by atoms with van der Waals surface area (Å²) in [4.78, 5) is 47.6. The lowest BCUT2D eigenvalue weighted by atomic mass is 9.68. The van der Waals surface area contributed by atoms with Crippen molar-refractivity contribution in [1.29, 1.82) is 0 Å². The zero-order valence-electron chi connectivity index (χ0n) is 20.7. The third-order valence-corrected chi connectivity index (χ3v) is 11.4. The van der Waals surface area contributed by atoms with E-state index in [1.165, 1.54) is 21.8 Å². The van der Waals surface area contributed by atoms with Crippen LogP contribution in [-0.2, 0) is 9.59 Å². The number of H-pyrrole nitrogens is 1. The lowest BCUT2D eigenvalue weighted by molar-refractivity contribution is -0.123. The monoisotopic (exact) mass is 533 g/mol. The minimum Gasteiger partial charge on any atom is -0.497 e. The van der Waals surface area contributed by atoms with Crippen molar-refractivity contribution in [1.82, 2.24) is 4.98 Å². The molecule has 37 heavy (non-hydrogen) atoms. The molecule has 2 aromatic carbocycles. The molecule has 3 heterocycles. The van der Waals surface area contributed by atoms with Crippen LogP contribution in [0.2, 0.25) is 0 Å². The summed E-state index contributed by atoms with van der Waals surface area (Å²) in [6.45, 7) is 0. The van der Waals surface area contributed by atoms with E-state index in [2.05, 4.69) is 34.1 Å². The number of fused-ring (bicyclic) bond motifs is 9. The van der Waals surface area contributed by atoms with Crippen molar-refractivity contribution in [2.24, 2.45) is 29.6 Å². The van der Waals surface area contributed by atoms with Crippen molar-refractivity contribution < 1.29 is 14.3 Å². The number of thiazole rings is 1. The number of nitrogens with zero attached hydrogens (tertiary/aromatic N) is 2. The molecule has 1 aromatic heterocycles. The van der Waals surface area contributed by atoms with Gasteiger partial charge in [-0.1, -0.05) is 23.5 Å². The van der Waals surface area contributed by atoms with E-state index in [9.17, 15) is 14.4 Å². The lowest BCUT2D eigenvalue weighted by Gasteiger charge is -2.43. The highest BCUT2D eigenvalue weighted by Crippen LogP contribution is 2.68. The molecule has 2 saturated carbocycles. The molecule has 0 radical (unpaired) electrons. The third kappa shape index (κ3) is 3.23. The fraction of sp³-hybridized carbons (Fsp3) is 0.393. The number of carbonyl (C=O) groups excluding carboxylic acids is 2. The first-order valence-electron chi connectivity index (χ1n) is 12.6. The highest BCUT2D eigenvalue weighted by atomic mass is 32.2. The van der Waals surface area contributed by atoms with E-state index in [0.29, 0.717) is 11.4 Å². The molecule has 1 N–H and O–H groups in total. The number of hydrogen-bond acceptors (Lipinski definition) is 7. The Hall–Kier alpha value is -3.04. The van der Waals surface area contributed by atoms with Crippen molar-refractivity contribution in [2.45, 2.75) is 22.6 Å². The highest BCUT2D eigenvalue weighted by molar-refractivity contribution is 8.00. The van der Waals surface area contributed by atoms with Gasteiger partial charge in [0.25, 0.3) is 0 Å². The number of anilines is 2. The van der Waals surface area contributed by atoms with Gasteiger partial charge in [-0.2, -0.15) is 0 Å². The molecule has 0 spiro atoms. The number of carbonyl (C=O) groups is 2. The van der Waals surface area contributed by atoms with Crippen molar-refractivity contribution in [3.8, 4) is 5.75 Å². The summed E-state index contributed by atoms with van der Waals surface area (Å²) < 4.78 is 5.26. The number of nitrogens with one attached hydrogen (secondary N) is 1. The van der Waals surface area contributed by atoms with Gasteiger partial charge in [0.15, 0.2) is 0 Å². The van der Waals surface area contributed by atoms with E-state index in [1.807, 2.05) is 14.1 Å². The number of ether oxygens (including phenoxy) is 1. The SMILES string of the molecule is COc1ccc(N2C(=O)C3C(C2=O)[C@@H]2C[C@H]3C3Sc4[nH]c(=O)sc4C(c4ccc(N(C)C)cc4)C32)cc1. The second kappa shape index (κ2) is 8.23. The van der Waals surface area contributed by atoms with Crippen LogP contribution >= 0.6 is 23.1 Å². The Morgan fingerprint density at radius 2 is 1.62 bits per heavy atom. The fourth-order valence-corrected chi connectivity index (χ4v) is 10.2. The first-order valence-corrected chi connectivity index (χ1v) is 14.3. The number of imide groups is 1. The molecule has 9 heteroatoms. The Labute approximate surface area is 222 Å². The topological polar surface area (TPSA) is 82.7 Å². The van der Waals surface area contributed by atoms with Gasteiger partial charge in [0.05, 0.1) is 29.7 Å². The molecule has 3 aromatic rings. The van der Waals surface area contributed by atoms with E-state index in [4.69, 9.17) is 4.74 Å². The van der Waals surface area contributed by atoms with Gasteiger partial charge in [0.2, 0.25) is 11.8 Å². The van der Waals surface area contributed by atoms with E-state index in [1.54, 1.807) is 43.1 Å². The van der Waals surface area contributed by atoms with E-state index >= 15 is 0 Å². The van der Waals surface area contributed by atoms with Crippen LogP contribution in [0.4, 0.5) is 11.4 Å². The predicted octanol–water partition coefficient (Wildman–Crippen LogP) is 4.19. The zero-order chi connectivity index (χ0) is 25.6. The number of amides is 2. The Kier molecular flexibility index (Phi) is 5.14. The number of aromatic nitrogens is 1. The van der Waals surface area contributed by atoms with Crippen LogP contribution in [0, 0.1) is 29.6 Å². The Morgan fingerprint density at radius 1 is 0.946 bits per heavy atom. The van der Waals surface area contributed by atoms with Crippen LogP contribution in [0.1, 0.15) is 22.8 Å². The van der Waals surface area contributed by atoms with Gasteiger partial charge in [0, 0.05) is 35.8 Å². The Morgan fingerprint density at radius 3 is 2.27 bits per heavy atom. The van der Waals surface area contributed by atoms with E-state index in [-0.39, 0.29) is 57.4 Å². The third-order valence-electron chi connectivity index (χ3n) is 8.82. The molecule has 1 saturated heterocycles. The number of hydrogen-bond donors (Lipinski definition) is 1. The van der Waals surface area contributed by atoms with Gasteiger partial charge in [-0.05, 0) is 66.1 Å². The summed E-state index contributed by atoms with van der Waals surface area (Å²) in [6.07, 6.45) is 0.886. The molecule has 2 aliphatic carbocycles. The Balaban J connectivity index is 1.29. The van der Waals surface area contributed by atoms with E-state index < -0.39 is 0 Å². The normalized spacial score (nSPS) is 31.3. The number of rotatable bonds is 4. The molecule has 190 valence electrons. The van der Waals surface area contributed by atoms with Gasteiger partial charge in [-0.25, -0.2) is 0 Å². The minimum absolute atomic E-state index is 0.0373. The van der Waals surface area contributed by atoms with Gasteiger partial charge in [-0.3, -0.25) is 19.3 Å². The number of methoxy groups -OCH3 is 1. The predicted molar refractivity (Wildman–Crippen MR) is 145 cm³/mol. The van der Waals surface area contributed by atoms with Gasteiger partial charge in [-0.15, -0.1) is 11.8 Å². The standard InChI is InChI=1S/C28H27N3O4S2/c1-30(2)14-6-4-13(5-7-14)19-20-17-12-18(23(20)36-25-24(19)37-28(34)29-25)22-21(17)26(32)31(27(22)33)15-8-10-16(35-3)11-9-15/h4-11,17-23H,12H2,1-3H3,(H,29,34)/t17-,18-,19?,20?,21?,22?,23?/m1/s1. The van der Waals surface area contributed by atoms with Crippen LogP contribution in [0.5, 0.6) is 5.75 Å². The molecule has 2 amide bonds. The number of aromatic amines is 1. The van der Waals surface area contributed by atoms with E-state index in [0.717, 1.165) is 22.0 Å². The van der Waals surface area contributed by atoms with Crippen LogP contribution < -0.4 is 19.4 Å². The molecule has 4 aliphatic rings. The first kappa shape index (κ1) is 23.1. The summed E-state index contributed by atoms with van der Waals surface area (Å²) in [6, 6.07) is 15.7. The molecule has 7 atom stereocenters. The largest absolute Gasteiger partial charge is 0.497 e. The molecule has 2 aliphatic heterocycles.